The van der Waals surface area contributed by atoms with Gasteiger partial charge in [-0.15, -0.1) is 0 Å². The molecule has 0 saturated carbocycles. The summed E-state index contributed by atoms with van der Waals surface area (Å²) in [6.45, 7) is 11.6. The van der Waals surface area contributed by atoms with Gasteiger partial charge in [-0.1, -0.05) is 24.3 Å². The summed E-state index contributed by atoms with van der Waals surface area (Å²) in [5, 5.41) is 1.16. The standard InChI is InChI=1S/C28H36N4O3/c1-28(2,3)35-27(33)32-12-9-21(10-13-32)20-4-6-22(7-5-20)26-24-18-23(30-25(24)8-11-29-26)19-31-14-16-34-17-15-31/h4-8,11,18,21,30H,9-10,12-17,19H2,1-3H3. The molecule has 1 aromatic carbocycles. The van der Waals surface area contributed by atoms with E-state index >= 15 is 0 Å². The molecule has 2 saturated heterocycles. The molecular weight excluding hydrogens is 440 g/mol. The predicted molar refractivity (Wildman–Crippen MR) is 137 cm³/mol. The summed E-state index contributed by atoms with van der Waals surface area (Å²) in [5.74, 6) is 0.457. The summed E-state index contributed by atoms with van der Waals surface area (Å²) in [6, 6.07) is 13.1. The van der Waals surface area contributed by atoms with Crippen LogP contribution in [0.5, 0.6) is 0 Å². The average molecular weight is 477 g/mol. The molecule has 0 spiro atoms. The largest absolute Gasteiger partial charge is 0.444 e. The van der Waals surface area contributed by atoms with Crippen molar-refractivity contribution in [3.05, 3.63) is 53.9 Å². The lowest BCUT2D eigenvalue weighted by Crippen LogP contribution is -2.41. The molecule has 1 amide bonds. The Balaban J connectivity index is 1.26. The summed E-state index contributed by atoms with van der Waals surface area (Å²) in [5.41, 5.74) is 5.34. The van der Waals surface area contributed by atoms with Gasteiger partial charge in [0, 0.05) is 61.1 Å². The number of benzene rings is 1. The van der Waals surface area contributed by atoms with Gasteiger partial charge in [-0.2, -0.15) is 0 Å². The van der Waals surface area contributed by atoms with Crippen molar-refractivity contribution in [3.63, 3.8) is 0 Å². The van der Waals surface area contributed by atoms with Crippen molar-refractivity contribution in [2.75, 3.05) is 39.4 Å². The number of nitrogens with zero attached hydrogens (tertiary/aromatic N) is 3. The average Bonchev–Trinajstić information content (AvgIpc) is 3.26. The fourth-order valence-corrected chi connectivity index (χ4v) is 5.06. The van der Waals surface area contributed by atoms with Gasteiger partial charge >= 0.3 is 6.09 Å². The van der Waals surface area contributed by atoms with Gasteiger partial charge in [-0.05, 0) is 57.2 Å². The number of rotatable bonds is 4. The molecule has 4 heterocycles. The predicted octanol–water partition coefficient (Wildman–Crippen LogP) is 5.18. The van der Waals surface area contributed by atoms with Crippen molar-refractivity contribution in [1.82, 2.24) is 19.8 Å². The van der Waals surface area contributed by atoms with E-state index in [-0.39, 0.29) is 6.09 Å². The topological polar surface area (TPSA) is 70.7 Å². The highest BCUT2D eigenvalue weighted by atomic mass is 16.6. The number of likely N-dealkylation sites (tertiary alicyclic amines) is 1. The van der Waals surface area contributed by atoms with Gasteiger partial charge < -0.3 is 19.4 Å². The van der Waals surface area contributed by atoms with Crippen LogP contribution in [0.1, 0.15) is 50.8 Å². The van der Waals surface area contributed by atoms with Crippen LogP contribution in [-0.2, 0) is 16.0 Å². The number of H-pyrrole nitrogens is 1. The Kier molecular flexibility index (Phi) is 6.80. The molecule has 2 aliphatic heterocycles. The van der Waals surface area contributed by atoms with E-state index in [1.54, 1.807) is 0 Å². The number of hydrogen-bond donors (Lipinski definition) is 1. The SMILES string of the molecule is CC(C)(C)OC(=O)N1CCC(c2ccc(-c3nccc4[nH]c(CN5CCOCC5)cc34)cc2)CC1. The Labute approximate surface area is 207 Å². The van der Waals surface area contributed by atoms with Gasteiger partial charge in [0.1, 0.15) is 5.60 Å². The van der Waals surface area contributed by atoms with Crippen molar-refractivity contribution in [2.45, 2.75) is 51.7 Å². The van der Waals surface area contributed by atoms with Crippen molar-refractivity contribution in [1.29, 1.82) is 0 Å². The zero-order valence-corrected chi connectivity index (χ0v) is 21.0. The monoisotopic (exact) mass is 476 g/mol. The van der Waals surface area contributed by atoms with E-state index in [9.17, 15) is 4.79 Å². The summed E-state index contributed by atoms with van der Waals surface area (Å²) in [6.07, 6.45) is 3.59. The third-order valence-corrected chi connectivity index (χ3v) is 6.90. The number of hydrogen-bond acceptors (Lipinski definition) is 5. The Morgan fingerprint density at radius 3 is 2.49 bits per heavy atom. The molecule has 7 nitrogen and oxygen atoms in total. The second-order valence-electron chi connectivity index (χ2n) is 10.7. The molecule has 186 valence electrons. The fraction of sp³-hybridized carbons (Fsp3) is 0.500. The lowest BCUT2D eigenvalue weighted by molar-refractivity contribution is 0.0205. The van der Waals surface area contributed by atoms with E-state index < -0.39 is 5.60 Å². The molecule has 3 aromatic rings. The number of ether oxygens (including phenoxy) is 2. The Morgan fingerprint density at radius 2 is 1.80 bits per heavy atom. The summed E-state index contributed by atoms with van der Waals surface area (Å²) in [4.78, 5) is 24.9. The molecule has 2 aromatic heterocycles. The van der Waals surface area contributed by atoms with E-state index in [2.05, 4.69) is 46.3 Å². The second kappa shape index (κ2) is 9.99. The Bertz CT molecular complexity index is 1150. The molecule has 0 radical (unpaired) electrons. The van der Waals surface area contributed by atoms with Crippen LogP contribution in [0.25, 0.3) is 22.2 Å². The van der Waals surface area contributed by atoms with E-state index in [1.165, 1.54) is 11.3 Å². The maximum absolute atomic E-state index is 12.4. The number of aromatic amines is 1. The molecule has 0 unspecified atom stereocenters. The number of carbonyl (C=O) groups is 1. The minimum atomic E-state index is -0.455. The zero-order valence-electron chi connectivity index (χ0n) is 21.0. The van der Waals surface area contributed by atoms with Crippen molar-refractivity contribution in [2.24, 2.45) is 0 Å². The van der Waals surface area contributed by atoms with Gasteiger partial charge in [0.25, 0.3) is 0 Å². The molecule has 7 heteroatoms. The zero-order chi connectivity index (χ0) is 24.4. The van der Waals surface area contributed by atoms with Crippen molar-refractivity contribution in [3.8, 4) is 11.3 Å². The molecule has 2 fully saturated rings. The molecular formula is C28H36N4O3. The van der Waals surface area contributed by atoms with Crippen molar-refractivity contribution >= 4 is 17.0 Å². The maximum Gasteiger partial charge on any atom is 0.410 e. The van der Waals surface area contributed by atoms with Crippen LogP contribution in [-0.4, -0.2) is 70.9 Å². The Hall–Kier alpha value is -2.90. The minimum absolute atomic E-state index is 0.204. The van der Waals surface area contributed by atoms with Gasteiger partial charge in [-0.25, -0.2) is 4.79 Å². The first kappa shape index (κ1) is 23.8. The molecule has 2 aliphatic rings. The number of pyridine rings is 1. The first-order valence-corrected chi connectivity index (χ1v) is 12.7. The van der Waals surface area contributed by atoms with Crippen LogP contribution in [0.4, 0.5) is 4.79 Å². The summed E-state index contributed by atoms with van der Waals surface area (Å²) >= 11 is 0. The van der Waals surface area contributed by atoms with Gasteiger partial charge in [0.2, 0.25) is 0 Å². The third kappa shape index (κ3) is 5.68. The first-order chi connectivity index (χ1) is 16.9. The highest BCUT2D eigenvalue weighted by molar-refractivity contribution is 5.93. The molecule has 0 aliphatic carbocycles. The maximum atomic E-state index is 12.4. The number of piperidine rings is 1. The third-order valence-electron chi connectivity index (χ3n) is 6.90. The number of carbonyl (C=O) groups excluding carboxylic acids is 1. The highest BCUT2D eigenvalue weighted by Crippen LogP contribution is 2.32. The van der Waals surface area contributed by atoms with E-state index in [1.807, 2.05) is 31.9 Å². The number of fused-ring (bicyclic) bond motifs is 1. The number of nitrogens with one attached hydrogen (secondary N) is 1. The van der Waals surface area contributed by atoms with Crippen LogP contribution in [0.15, 0.2) is 42.6 Å². The van der Waals surface area contributed by atoms with Gasteiger partial charge in [-0.3, -0.25) is 9.88 Å². The van der Waals surface area contributed by atoms with Crippen molar-refractivity contribution < 1.29 is 14.3 Å². The first-order valence-electron chi connectivity index (χ1n) is 12.7. The fourth-order valence-electron chi connectivity index (χ4n) is 5.06. The molecule has 35 heavy (non-hydrogen) atoms. The van der Waals surface area contributed by atoms with Gasteiger partial charge in [0.05, 0.1) is 18.9 Å². The smallest absolute Gasteiger partial charge is 0.410 e. The number of aromatic nitrogens is 2. The number of morpholine rings is 1. The van der Waals surface area contributed by atoms with E-state index in [0.29, 0.717) is 5.92 Å². The van der Waals surface area contributed by atoms with E-state index in [0.717, 1.165) is 80.9 Å². The molecule has 1 N–H and O–H groups in total. The summed E-state index contributed by atoms with van der Waals surface area (Å²) < 4.78 is 11.0. The van der Waals surface area contributed by atoms with Crippen LogP contribution < -0.4 is 0 Å². The Morgan fingerprint density at radius 1 is 1.09 bits per heavy atom. The molecule has 5 rings (SSSR count). The van der Waals surface area contributed by atoms with E-state index in [4.69, 9.17) is 14.5 Å². The molecule has 0 bridgehead atoms. The van der Waals surface area contributed by atoms with Crippen LogP contribution in [0.3, 0.4) is 0 Å². The van der Waals surface area contributed by atoms with Crippen LogP contribution in [0.2, 0.25) is 0 Å². The highest BCUT2D eigenvalue weighted by Gasteiger charge is 2.27. The normalized spacial score (nSPS) is 18.2. The second-order valence-corrected chi connectivity index (χ2v) is 10.7. The van der Waals surface area contributed by atoms with Crippen LogP contribution >= 0.6 is 0 Å². The minimum Gasteiger partial charge on any atom is -0.444 e. The lowest BCUT2D eigenvalue weighted by Gasteiger charge is -2.33. The van der Waals surface area contributed by atoms with Gasteiger partial charge in [0.15, 0.2) is 0 Å². The summed E-state index contributed by atoms with van der Waals surface area (Å²) in [7, 11) is 0. The lowest BCUT2D eigenvalue weighted by atomic mass is 9.89. The number of amides is 1. The van der Waals surface area contributed by atoms with Crippen LogP contribution in [0, 0.1) is 0 Å². The molecule has 0 atom stereocenters. The quantitative estimate of drug-likeness (QED) is 0.562.